The minimum atomic E-state index is -2.97. The van der Waals surface area contributed by atoms with Crippen LogP contribution >= 0.6 is 0 Å². The van der Waals surface area contributed by atoms with Crippen LogP contribution in [0.15, 0.2) is 48.5 Å². The number of amides is 1. The Morgan fingerprint density at radius 1 is 1.15 bits per heavy atom. The summed E-state index contributed by atoms with van der Waals surface area (Å²) in [5.41, 5.74) is 0.882. The lowest BCUT2D eigenvalue weighted by atomic mass is 10.2. The number of carbonyl (C=O) groups is 1. The molecule has 0 aliphatic heterocycles. The molecule has 2 aromatic rings. The molecule has 0 fully saturated rings. The molecule has 0 aliphatic carbocycles. The minimum absolute atomic E-state index is 0.000361. The van der Waals surface area contributed by atoms with Crippen molar-refractivity contribution in [2.24, 2.45) is 0 Å². The monoisotopic (exact) mass is 365 g/mol. The highest BCUT2D eigenvalue weighted by molar-refractivity contribution is 5.92. The predicted molar refractivity (Wildman–Crippen MR) is 92.5 cm³/mol. The molecule has 9 heteroatoms. The number of ether oxygens (including phenoxy) is 1. The van der Waals surface area contributed by atoms with E-state index in [2.05, 4.69) is 15.4 Å². The molecule has 0 aliphatic rings. The topological polar surface area (TPSA) is 93.5 Å². The number of benzene rings is 2. The van der Waals surface area contributed by atoms with Gasteiger partial charge in [-0.2, -0.15) is 8.78 Å². The number of nitro groups is 1. The van der Waals surface area contributed by atoms with Crippen molar-refractivity contribution < 1.29 is 23.2 Å². The first-order valence-corrected chi connectivity index (χ1v) is 7.77. The molecule has 0 unspecified atom stereocenters. The van der Waals surface area contributed by atoms with E-state index in [1.54, 1.807) is 18.2 Å². The van der Waals surface area contributed by atoms with E-state index in [4.69, 9.17) is 0 Å². The van der Waals surface area contributed by atoms with Crippen LogP contribution in [0.4, 0.5) is 25.8 Å². The number of nitro benzene ring substituents is 1. The van der Waals surface area contributed by atoms with Crippen LogP contribution < -0.4 is 15.4 Å². The number of anilines is 2. The summed E-state index contributed by atoms with van der Waals surface area (Å²) in [4.78, 5) is 22.0. The largest absolute Gasteiger partial charge is 0.433 e. The number of non-ortho nitro benzene ring substituents is 1. The third-order valence-corrected chi connectivity index (χ3v) is 3.37. The van der Waals surface area contributed by atoms with Crippen LogP contribution in [-0.4, -0.2) is 24.0 Å². The average molecular weight is 365 g/mol. The number of hydrogen-bond donors (Lipinski definition) is 2. The molecular formula is C17H17F2N3O4. The number of para-hydroxylation sites is 2. The van der Waals surface area contributed by atoms with Crippen molar-refractivity contribution in [3.05, 3.63) is 58.6 Å². The maximum atomic E-state index is 12.3. The summed E-state index contributed by atoms with van der Waals surface area (Å²) >= 11 is 0. The third kappa shape index (κ3) is 6.00. The fourth-order valence-corrected chi connectivity index (χ4v) is 2.16. The van der Waals surface area contributed by atoms with Gasteiger partial charge in [0.15, 0.2) is 0 Å². The Hall–Kier alpha value is -3.23. The van der Waals surface area contributed by atoms with Gasteiger partial charge < -0.3 is 15.4 Å². The maximum absolute atomic E-state index is 12.3. The van der Waals surface area contributed by atoms with Gasteiger partial charge in [-0.3, -0.25) is 14.9 Å². The number of carbonyl (C=O) groups excluding carboxylic acids is 1. The second kappa shape index (κ2) is 9.30. The Morgan fingerprint density at radius 3 is 2.50 bits per heavy atom. The van der Waals surface area contributed by atoms with Crippen molar-refractivity contribution in [2.75, 3.05) is 17.2 Å². The van der Waals surface area contributed by atoms with E-state index in [9.17, 15) is 23.7 Å². The lowest BCUT2D eigenvalue weighted by Gasteiger charge is -2.11. The van der Waals surface area contributed by atoms with Crippen molar-refractivity contribution >= 4 is 23.0 Å². The van der Waals surface area contributed by atoms with Crippen LogP contribution in [0.3, 0.4) is 0 Å². The van der Waals surface area contributed by atoms with Gasteiger partial charge >= 0.3 is 6.61 Å². The Labute approximate surface area is 148 Å². The first kappa shape index (κ1) is 19.1. The van der Waals surface area contributed by atoms with Crippen molar-refractivity contribution in [3.8, 4) is 5.75 Å². The Bertz CT molecular complexity index is 754. The zero-order valence-electron chi connectivity index (χ0n) is 13.7. The summed E-state index contributed by atoms with van der Waals surface area (Å²) in [7, 11) is 0. The molecule has 0 radical (unpaired) electrons. The molecule has 7 nitrogen and oxygen atoms in total. The number of nitrogens with one attached hydrogen (secondary N) is 2. The normalized spacial score (nSPS) is 10.4. The second-order valence-electron chi connectivity index (χ2n) is 5.26. The van der Waals surface area contributed by atoms with Crippen LogP contribution in [0.5, 0.6) is 5.75 Å². The molecule has 0 spiro atoms. The lowest BCUT2D eigenvalue weighted by Crippen LogP contribution is -2.15. The molecule has 0 bridgehead atoms. The zero-order chi connectivity index (χ0) is 18.9. The first-order chi connectivity index (χ1) is 12.5. The van der Waals surface area contributed by atoms with Crippen LogP contribution in [0.25, 0.3) is 0 Å². The summed E-state index contributed by atoms with van der Waals surface area (Å²) in [6, 6.07) is 11.9. The SMILES string of the molecule is O=C(CCCNc1ccc([N+](=O)[O-])cc1)Nc1ccccc1OC(F)F. The molecule has 2 rings (SSSR count). The van der Waals surface area contributed by atoms with Crippen molar-refractivity contribution in [3.63, 3.8) is 0 Å². The number of nitrogens with zero attached hydrogens (tertiary/aromatic N) is 1. The van der Waals surface area contributed by atoms with Gasteiger partial charge in [-0.1, -0.05) is 12.1 Å². The van der Waals surface area contributed by atoms with Gasteiger partial charge in [0.25, 0.3) is 5.69 Å². The Kier molecular flexibility index (Phi) is 6.84. The van der Waals surface area contributed by atoms with E-state index >= 15 is 0 Å². The fraction of sp³-hybridized carbons (Fsp3) is 0.235. The van der Waals surface area contributed by atoms with E-state index in [0.29, 0.717) is 18.7 Å². The van der Waals surface area contributed by atoms with Crippen molar-refractivity contribution in [1.29, 1.82) is 0 Å². The molecule has 2 N–H and O–H groups in total. The highest BCUT2D eigenvalue weighted by atomic mass is 19.3. The lowest BCUT2D eigenvalue weighted by molar-refractivity contribution is -0.384. The molecule has 138 valence electrons. The van der Waals surface area contributed by atoms with Crippen molar-refractivity contribution in [2.45, 2.75) is 19.5 Å². The van der Waals surface area contributed by atoms with Crippen LogP contribution in [0.1, 0.15) is 12.8 Å². The van der Waals surface area contributed by atoms with Gasteiger partial charge in [-0.25, -0.2) is 0 Å². The fourth-order valence-electron chi connectivity index (χ4n) is 2.16. The summed E-state index contributed by atoms with van der Waals surface area (Å²) in [6.07, 6.45) is 0.656. The zero-order valence-corrected chi connectivity index (χ0v) is 13.7. The van der Waals surface area contributed by atoms with E-state index in [0.717, 1.165) is 0 Å². The van der Waals surface area contributed by atoms with Gasteiger partial charge in [0.05, 0.1) is 10.6 Å². The van der Waals surface area contributed by atoms with E-state index in [1.165, 1.54) is 30.3 Å². The summed E-state index contributed by atoms with van der Waals surface area (Å²) < 4.78 is 29.0. The van der Waals surface area contributed by atoms with Crippen molar-refractivity contribution in [1.82, 2.24) is 0 Å². The summed E-state index contributed by atoms with van der Waals surface area (Å²) in [6.45, 7) is -2.50. The molecule has 0 saturated carbocycles. The molecule has 0 saturated heterocycles. The quantitative estimate of drug-likeness (QED) is 0.398. The smallest absolute Gasteiger partial charge is 0.387 e. The van der Waals surface area contributed by atoms with Gasteiger partial charge in [-0.15, -0.1) is 0 Å². The van der Waals surface area contributed by atoms with Gasteiger partial charge in [0, 0.05) is 30.8 Å². The average Bonchev–Trinajstić information content (AvgIpc) is 2.60. The van der Waals surface area contributed by atoms with Crippen LogP contribution in [-0.2, 0) is 4.79 Å². The highest BCUT2D eigenvalue weighted by Gasteiger charge is 2.11. The number of rotatable bonds is 9. The molecule has 0 atom stereocenters. The van der Waals surface area contributed by atoms with Crippen LogP contribution in [0.2, 0.25) is 0 Å². The molecule has 0 heterocycles. The van der Waals surface area contributed by atoms with Gasteiger partial charge in [0.2, 0.25) is 5.91 Å². The second-order valence-corrected chi connectivity index (χ2v) is 5.26. The Morgan fingerprint density at radius 2 is 1.85 bits per heavy atom. The molecule has 26 heavy (non-hydrogen) atoms. The van der Waals surface area contributed by atoms with E-state index in [-0.39, 0.29) is 29.5 Å². The molecule has 1 amide bonds. The number of alkyl halides is 2. The Balaban J connectivity index is 1.76. The number of halogens is 2. The van der Waals surface area contributed by atoms with Crippen LogP contribution in [0, 0.1) is 10.1 Å². The third-order valence-electron chi connectivity index (χ3n) is 3.37. The molecule has 2 aromatic carbocycles. The predicted octanol–water partition coefficient (Wildman–Crippen LogP) is 4.03. The molecule has 0 aromatic heterocycles. The highest BCUT2D eigenvalue weighted by Crippen LogP contribution is 2.25. The number of hydrogen-bond acceptors (Lipinski definition) is 5. The van der Waals surface area contributed by atoms with Gasteiger partial charge in [-0.05, 0) is 30.7 Å². The van der Waals surface area contributed by atoms with Gasteiger partial charge in [0.1, 0.15) is 5.75 Å². The molecular weight excluding hydrogens is 348 g/mol. The minimum Gasteiger partial charge on any atom is -0.433 e. The summed E-state index contributed by atoms with van der Waals surface area (Å²) in [5.74, 6) is -0.430. The first-order valence-electron chi connectivity index (χ1n) is 7.77. The summed E-state index contributed by atoms with van der Waals surface area (Å²) in [5, 5.41) is 16.1. The van der Waals surface area contributed by atoms with E-state index < -0.39 is 11.5 Å². The maximum Gasteiger partial charge on any atom is 0.387 e. The van der Waals surface area contributed by atoms with E-state index in [1.807, 2.05) is 0 Å². The standard InChI is InChI=1S/C17H17F2N3O4/c18-17(19)26-15-5-2-1-4-14(15)21-16(23)6-3-11-20-12-7-9-13(10-8-12)22(24)25/h1-2,4-5,7-10,17,20H,3,6,11H2,(H,21,23).